The van der Waals surface area contributed by atoms with Crippen molar-refractivity contribution in [1.29, 1.82) is 0 Å². The van der Waals surface area contributed by atoms with E-state index < -0.39 is 34.3 Å². The van der Waals surface area contributed by atoms with Crippen molar-refractivity contribution in [2.24, 2.45) is 5.41 Å². The van der Waals surface area contributed by atoms with Gasteiger partial charge in [-0.15, -0.1) is 27.9 Å². The Balaban J connectivity index is 1.64. The number of carbonyl (C=O) groups excluding carboxylic acids is 1. The molecule has 184 valence electrons. The molecule has 4 aromatic rings. The van der Waals surface area contributed by atoms with E-state index in [9.17, 15) is 29.2 Å². The van der Waals surface area contributed by atoms with Gasteiger partial charge in [-0.2, -0.15) is 0 Å². The van der Waals surface area contributed by atoms with E-state index in [1.807, 2.05) is 5.38 Å². The van der Waals surface area contributed by atoms with Gasteiger partial charge in [0.25, 0.3) is 5.09 Å². The van der Waals surface area contributed by atoms with E-state index in [1.165, 1.54) is 35.6 Å². The number of terminal acetylenes is 1. The van der Waals surface area contributed by atoms with Crippen molar-refractivity contribution in [1.82, 2.24) is 0 Å². The molecule has 1 heterocycles. The second-order valence-corrected chi connectivity index (χ2v) is 9.80. The zero-order valence-electron chi connectivity index (χ0n) is 19.1. The number of nitrogens with zero attached hydrogens (tertiary/aromatic N) is 1. The third-order valence-electron chi connectivity index (χ3n) is 7.01. The smallest absolute Gasteiger partial charge is 0.313 e. The molecular formula is C28H18FNO6S. The Bertz CT molecular complexity index is 1600. The van der Waals surface area contributed by atoms with E-state index >= 15 is 0 Å². The molecule has 0 spiro atoms. The summed E-state index contributed by atoms with van der Waals surface area (Å²) in [6.07, 6.45) is 5.24. The number of benzene rings is 3. The van der Waals surface area contributed by atoms with E-state index in [-0.39, 0.29) is 17.8 Å². The normalized spacial score (nSPS) is 20.2. The molecule has 1 N–H and O–H groups in total. The minimum atomic E-state index is -1.83. The van der Waals surface area contributed by atoms with Gasteiger partial charge in [-0.05, 0) is 53.3 Å². The molecule has 5 rings (SSSR count). The fourth-order valence-corrected chi connectivity index (χ4v) is 5.99. The molecule has 9 heteroatoms. The number of halogens is 1. The van der Waals surface area contributed by atoms with E-state index in [1.54, 1.807) is 42.5 Å². The van der Waals surface area contributed by atoms with Gasteiger partial charge >= 0.3 is 5.97 Å². The number of carboxylic acid groups (broad SMARTS) is 1. The largest absolute Gasteiger partial charge is 0.481 e. The molecule has 1 aliphatic carbocycles. The van der Waals surface area contributed by atoms with Gasteiger partial charge in [0.15, 0.2) is 5.78 Å². The number of carboxylic acids is 1. The first kappa shape index (κ1) is 24.2. The number of rotatable bonds is 8. The van der Waals surface area contributed by atoms with Crippen LogP contribution in [-0.4, -0.2) is 28.6 Å². The zero-order valence-corrected chi connectivity index (χ0v) is 20.0. The molecule has 37 heavy (non-hydrogen) atoms. The molecule has 1 aromatic heterocycles. The lowest BCUT2D eigenvalue weighted by atomic mass is 9.79. The van der Waals surface area contributed by atoms with E-state index in [4.69, 9.17) is 6.42 Å². The molecule has 0 aliphatic heterocycles. The third kappa shape index (κ3) is 3.82. The maximum atomic E-state index is 13.9. The molecule has 1 aliphatic rings. The molecule has 1 saturated carbocycles. The summed E-state index contributed by atoms with van der Waals surface area (Å²) in [5.41, 5.74) is -0.516. The number of hydrogen-bond acceptors (Lipinski definition) is 6. The van der Waals surface area contributed by atoms with Crippen LogP contribution in [0.1, 0.15) is 27.9 Å². The summed E-state index contributed by atoms with van der Waals surface area (Å²) in [6.45, 7) is -0.771. The molecule has 0 amide bonds. The molecule has 3 aromatic carbocycles. The van der Waals surface area contributed by atoms with Crippen LogP contribution < -0.4 is 0 Å². The van der Waals surface area contributed by atoms with E-state index in [2.05, 4.69) is 10.8 Å². The van der Waals surface area contributed by atoms with Crippen LogP contribution in [0.5, 0.6) is 0 Å². The maximum Gasteiger partial charge on any atom is 0.313 e. The molecule has 2 unspecified atom stereocenters. The zero-order chi connectivity index (χ0) is 26.4. The minimum absolute atomic E-state index is 0.166. The predicted molar refractivity (Wildman–Crippen MR) is 135 cm³/mol. The molecular weight excluding hydrogens is 497 g/mol. The summed E-state index contributed by atoms with van der Waals surface area (Å²) >= 11 is 1.40. The second-order valence-electron chi connectivity index (χ2n) is 8.88. The van der Waals surface area contributed by atoms with Crippen LogP contribution in [0, 0.1) is 33.7 Å². The first-order chi connectivity index (χ1) is 17.7. The van der Waals surface area contributed by atoms with Gasteiger partial charge in [0.1, 0.15) is 17.8 Å². The average molecular weight is 516 g/mol. The monoisotopic (exact) mass is 515 g/mol. The van der Waals surface area contributed by atoms with Crippen LogP contribution in [0.25, 0.3) is 21.2 Å². The van der Waals surface area contributed by atoms with Crippen molar-refractivity contribution in [3.63, 3.8) is 0 Å². The van der Waals surface area contributed by atoms with Gasteiger partial charge in [0, 0.05) is 26.8 Å². The van der Waals surface area contributed by atoms with E-state index in [0.717, 1.165) is 21.2 Å². The van der Waals surface area contributed by atoms with Crippen LogP contribution in [-0.2, 0) is 15.0 Å². The highest BCUT2D eigenvalue weighted by Crippen LogP contribution is 2.67. The SMILES string of the molecule is C#Cc1ccc(C(=O)C2(c3ccc4c(-c5ccc(F)cc5)csc4c3)CC2(CO[N+](=O)[O-])C(=O)O)cc1. The molecule has 0 radical (unpaired) electrons. The van der Waals surface area contributed by atoms with Crippen LogP contribution in [0.2, 0.25) is 0 Å². The Hall–Kier alpha value is -4.55. The van der Waals surface area contributed by atoms with Gasteiger partial charge in [-0.25, -0.2) is 4.39 Å². The van der Waals surface area contributed by atoms with Crippen LogP contribution in [0.3, 0.4) is 0 Å². The summed E-state index contributed by atoms with van der Waals surface area (Å²) in [6, 6.07) is 17.5. The van der Waals surface area contributed by atoms with Crippen molar-refractivity contribution in [3.05, 3.63) is 105 Å². The van der Waals surface area contributed by atoms with Crippen LogP contribution >= 0.6 is 11.3 Å². The fourth-order valence-electron chi connectivity index (χ4n) is 4.98. The molecule has 7 nitrogen and oxygen atoms in total. The highest BCUT2D eigenvalue weighted by Gasteiger charge is 2.77. The van der Waals surface area contributed by atoms with Crippen molar-refractivity contribution in [2.75, 3.05) is 6.61 Å². The number of aliphatic carboxylic acids is 1. The Morgan fingerprint density at radius 1 is 1.14 bits per heavy atom. The van der Waals surface area contributed by atoms with Gasteiger partial charge in [0.2, 0.25) is 0 Å². The third-order valence-corrected chi connectivity index (χ3v) is 7.95. The average Bonchev–Trinajstić information content (AvgIpc) is 3.43. The Labute approximate surface area is 214 Å². The predicted octanol–water partition coefficient (Wildman–Crippen LogP) is 5.49. The Morgan fingerprint density at radius 3 is 2.46 bits per heavy atom. The van der Waals surface area contributed by atoms with Crippen molar-refractivity contribution >= 4 is 33.2 Å². The highest BCUT2D eigenvalue weighted by molar-refractivity contribution is 7.17. The van der Waals surface area contributed by atoms with Crippen molar-refractivity contribution in [3.8, 4) is 23.5 Å². The molecule has 1 fully saturated rings. The first-order valence-corrected chi connectivity index (χ1v) is 12.0. The Kier molecular flexibility index (Phi) is 5.77. The van der Waals surface area contributed by atoms with Crippen molar-refractivity contribution < 1.29 is 29.0 Å². The Morgan fingerprint density at radius 2 is 1.84 bits per heavy atom. The maximum absolute atomic E-state index is 13.9. The lowest BCUT2D eigenvalue weighted by Gasteiger charge is -2.22. The summed E-state index contributed by atoms with van der Waals surface area (Å²) in [7, 11) is 0. The highest BCUT2D eigenvalue weighted by atomic mass is 32.1. The number of fused-ring (bicyclic) bond motifs is 1. The minimum Gasteiger partial charge on any atom is -0.481 e. The fraction of sp³-hybridized carbons (Fsp3) is 0.143. The molecule has 0 bridgehead atoms. The summed E-state index contributed by atoms with van der Waals surface area (Å²) in [5.74, 6) is 0.270. The quantitative estimate of drug-likeness (QED) is 0.144. The first-order valence-electron chi connectivity index (χ1n) is 11.1. The number of ketones is 1. The van der Waals surface area contributed by atoms with Crippen LogP contribution in [0.4, 0.5) is 4.39 Å². The topological polar surface area (TPSA) is 107 Å². The molecule has 0 saturated heterocycles. The standard InChI is InChI=1S/C28H18FNO6S/c1-2-17-3-5-19(6-4-17)25(31)28(15-27(28,26(32)33)16-36-30(34)35)20-9-12-22-23(14-37-24(22)13-20)18-7-10-21(29)11-8-18/h1,3-14H,15-16H2,(H,32,33). The van der Waals surface area contributed by atoms with Gasteiger partial charge in [0.05, 0.1) is 5.41 Å². The van der Waals surface area contributed by atoms with Crippen molar-refractivity contribution in [2.45, 2.75) is 11.8 Å². The lowest BCUT2D eigenvalue weighted by Crippen LogP contribution is -2.37. The number of Topliss-reactive ketones (excluding diaryl/α,β-unsaturated/α-hetero) is 1. The molecule has 2 atom stereocenters. The number of carbonyl (C=O) groups is 2. The van der Waals surface area contributed by atoms with Gasteiger partial charge in [-0.1, -0.05) is 42.3 Å². The summed E-state index contributed by atoms with van der Waals surface area (Å²) in [5, 5.41) is 22.8. The van der Waals surface area contributed by atoms with Gasteiger partial charge < -0.3 is 9.94 Å². The number of hydrogen-bond donors (Lipinski definition) is 1. The number of thiophene rings is 1. The second kappa shape index (κ2) is 8.84. The van der Waals surface area contributed by atoms with E-state index in [0.29, 0.717) is 11.1 Å². The summed E-state index contributed by atoms with van der Waals surface area (Å²) in [4.78, 5) is 41.9. The summed E-state index contributed by atoms with van der Waals surface area (Å²) < 4.78 is 14.2. The van der Waals surface area contributed by atoms with Gasteiger partial charge in [-0.3, -0.25) is 9.59 Å². The van der Waals surface area contributed by atoms with Crippen LogP contribution in [0.15, 0.2) is 72.1 Å². The lowest BCUT2D eigenvalue weighted by molar-refractivity contribution is -0.759.